The van der Waals surface area contributed by atoms with Gasteiger partial charge >= 0.3 is 0 Å². The lowest BCUT2D eigenvalue weighted by Gasteiger charge is -2.13. The van der Waals surface area contributed by atoms with E-state index in [1.54, 1.807) is 18.2 Å². The lowest BCUT2D eigenvalue weighted by atomic mass is 10.1. The normalized spacial score (nSPS) is 12.9. The third-order valence-electron chi connectivity index (χ3n) is 2.87. The van der Waals surface area contributed by atoms with E-state index in [9.17, 15) is 8.42 Å². The molecule has 2 rings (SSSR count). The van der Waals surface area contributed by atoms with Gasteiger partial charge in [0.1, 0.15) is 11.5 Å². The number of hydrogen-bond acceptors (Lipinski definition) is 4. The molecule has 0 bridgehead atoms. The second-order valence-corrected chi connectivity index (χ2v) is 6.69. The molecule has 1 atom stereocenters. The van der Waals surface area contributed by atoms with Crippen molar-refractivity contribution >= 4 is 9.84 Å². The molecule has 20 heavy (non-hydrogen) atoms. The summed E-state index contributed by atoms with van der Waals surface area (Å²) >= 11 is 0. The van der Waals surface area contributed by atoms with Crippen molar-refractivity contribution in [1.82, 2.24) is 0 Å². The number of sulfone groups is 1. The highest BCUT2D eigenvalue weighted by atomic mass is 32.2. The topological polar surface area (TPSA) is 69.4 Å². The Hall–Kier alpha value is -1.85. The van der Waals surface area contributed by atoms with Gasteiger partial charge in [0.15, 0.2) is 9.84 Å². The summed E-state index contributed by atoms with van der Waals surface area (Å²) in [4.78, 5) is 0.230. The predicted molar refractivity (Wildman–Crippen MR) is 78.7 cm³/mol. The van der Waals surface area contributed by atoms with Crippen LogP contribution in [0.1, 0.15) is 18.5 Å². The first-order chi connectivity index (χ1) is 9.38. The van der Waals surface area contributed by atoms with Crippen molar-refractivity contribution in [1.29, 1.82) is 0 Å². The van der Waals surface area contributed by atoms with E-state index in [0.29, 0.717) is 11.5 Å². The molecule has 106 valence electrons. The van der Waals surface area contributed by atoms with Crippen LogP contribution in [0.5, 0.6) is 11.5 Å². The molecule has 0 aromatic heterocycles. The van der Waals surface area contributed by atoms with Crippen molar-refractivity contribution < 1.29 is 13.2 Å². The Morgan fingerprint density at radius 3 is 2.45 bits per heavy atom. The van der Waals surface area contributed by atoms with Crippen LogP contribution >= 0.6 is 0 Å². The second-order valence-electron chi connectivity index (χ2n) is 4.68. The van der Waals surface area contributed by atoms with Gasteiger partial charge in [0.25, 0.3) is 0 Å². The van der Waals surface area contributed by atoms with Crippen LogP contribution in [-0.4, -0.2) is 14.7 Å². The zero-order chi connectivity index (χ0) is 14.8. The smallest absolute Gasteiger partial charge is 0.175 e. The highest BCUT2D eigenvalue weighted by Crippen LogP contribution is 2.29. The minimum atomic E-state index is -3.25. The molecular formula is C15H17NO3S. The average molecular weight is 291 g/mol. The molecule has 0 aliphatic heterocycles. The third kappa shape index (κ3) is 3.37. The van der Waals surface area contributed by atoms with Crippen molar-refractivity contribution in [3.05, 3.63) is 54.1 Å². The molecule has 0 saturated carbocycles. The highest BCUT2D eigenvalue weighted by Gasteiger charge is 2.11. The van der Waals surface area contributed by atoms with Crippen molar-refractivity contribution in [2.24, 2.45) is 5.73 Å². The summed E-state index contributed by atoms with van der Waals surface area (Å²) in [7, 11) is -3.25. The molecule has 0 unspecified atom stereocenters. The van der Waals surface area contributed by atoms with Gasteiger partial charge in [-0.2, -0.15) is 0 Å². The van der Waals surface area contributed by atoms with Crippen LogP contribution < -0.4 is 10.5 Å². The first kappa shape index (κ1) is 14.6. The standard InChI is InChI=1S/C15H17NO3S/c1-11(16)14-8-3-4-9-15(14)19-12-6-5-7-13(10-12)20(2,17)18/h3-11H,16H2,1-2H3/t11-/m1/s1. The minimum absolute atomic E-state index is 0.163. The van der Waals surface area contributed by atoms with E-state index in [1.807, 2.05) is 31.2 Å². The molecule has 0 aliphatic rings. The van der Waals surface area contributed by atoms with Crippen LogP contribution in [0.25, 0.3) is 0 Å². The Kier molecular flexibility index (Phi) is 4.11. The van der Waals surface area contributed by atoms with Crippen molar-refractivity contribution in [3.63, 3.8) is 0 Å². The monoisotopic (exact) mass is 291 g/mol. The first-order valence-electron chi connectivity index (χ1n) is 6.20. The van der Waals surface area contributed by atoms with E-state index >= 15 is 0 Å². The van der Waals surface area contributed by atoms with Crippen LogP contribution in [0.4, 0.5) is 0 Å². The molecule has 0 saturated heterocycles. The summed E-state index contributed by atoms with van der Waals surface area (Å²) in [5, 5.41) is 0. The van der Waals surface area contributed by atoms with Gasteiger partial charge in [0, 0.05) is 17.9 Å². The lowest BCUT2D eigenvalue weighted by molar-refractivity contribution is 0.470. The molecule has 0 amide bonds. The summed E-state index contributed by atoms with van der Waals surface area (Å²) in [6, 6.07) is 13.7. The van der Waals surface area contributed by atoms with Crippen molar-refractivity contribution in [2.75, 3.05) is 6.26 Å². The molecule has 0 aliphatic carbocycles. The van der Waals surface area contributed by atoms with Gasteiger partial charge in [-0.05, 0) is 31.2 Å². The molecule has 0 fully saturated rings. The summed E-state index contributed by atoms with van der Waals surface area (Å²) in [6.07, 6.45) is 1.17. The molecule has 0 spiro atoms. The zero-order valence-corrected chi connectivity index (χ0v) is 12.2. The molecule has 2 N–H and O–H groups in total. The van der Waals surface area contributed by atoms with Gasteiger partial charge < -0.3 is 10.5 Å². The number of benzene rings is 2. The Bertz CT molecular complexity index is 709. The lowest BCUT2D eigenvalue weighted by Crippen LogP contribution is -2.06. The maximum atomic E-state index is 11.5. The number of ether oxygens (including phenoxy) is 1. The quantitative estimate of drug-likeness (QED) is 0.940. The Morgan fingerprint density at radius 2 is 1.80 bits per heavy atom. The summed E-state index contributed by atoms with van der Waals surface area (Å²) < 4.78 is 28.8. The van der Waals surface area contributed by atoms with Crippen molar-refractivity contribution in [2.45, 2.75) is 17.9 Å². The third-order valence-corrected chi connectivity index (χ3v) is 3.98. The van der Waals surface area contributed by atoms with Gasteiger partial charge in [-0.25, -0.2) is 8.42 Å². The molecule has 2 aromatic carbocycles. The van der Waals surface area contributed by atoms with Crippen LogP contribution in [-0.2, 0) is 9.84 Å². The predicted octanol–water partition coefficient (Wildman–Crippen LogP) is 2.90. The highest BCUT2D eigenvalue weighted by molar-refractivity contribution is 7.90. The molecule has 4 nitrogen and oxygen atoms in total. The zero-order valence-electron chi connectivity index (χ0n) is 11.4. The van der Waals surface area contributed by atoms with Crippen LogP contribution in [0.15, 0.2) is 53.4 Å². The fourth-order valence-electron chi connectivity index (χ4n) is 1.84. The van der Waals surface area contributed by atoms with E-state index in [4.69, 9.17) is 10.5 Å². The van der Waals surface area contributed by atoms with E-state index in [-0.39, 0.29) is 10.9 Å². The fourth-order valence-corrected chi connectivity index (χ4v) is 2.50. The minimum Gasteiger partial charge on any atom is -0.457 e. The Balaban J connectivity index is 2.36. The van der Waals surface area contributed by atoms with Gasteiger partial charge in [0.2, 0.25) is 0 Å². The average Bonchev–Trinajstić information content (AvgIpc) is 2.38. The second kappa shape index (κ2) is 5.64. The largest absolute Gasteiger partial charge is 0.457 e. The first-order valence-corrected chi connectivity index (χ1v) is 8.09. The van der Waals surface area contributed by atoms with Crippen LogP contribution in [0.2, 0.25) is 0 Å². The SMILES string of the molecule is C[C@@H](N)c1ccccc1Oc1cccc(S(C)(=O)=O)c1. The van der Waals surface area contributed by atoms with Gasteiger partial charge in [-0.3, -0.25) is 0 Å². The summed E-state index contributed by atoms with van der Waals surface area (Å²) in [5.41, 5.74) is 6.76. The van der Waals surface area contributed by atoms with E-state index in [0.717, 1.165) is 5.56 Å². The number of para-hydroxylation sites is 1. The number of rotatable bonds is 4. The van der Waals surface area contributed by atoms with Gasteiger partial charge in [0.05, 0.1) is 4.90 Å². The van der Waals surface area contributed by atoms with Crippen LogP contribution in [0, 0.1) is 0 Å². The molecular weight excluding hydrogens is 274 g/mol. The molecule has 0 heterocycles. The van der Waals surface area contributed by atoms with Gasteiger partial charge in [-0.1, -0.05) is 24.3 Å². The number of nitrogens with two attached hydrogens (primary N) is 1. The molecule has 0 radical (unpaired) electrons. The summed E-state index contributed by atoms with van der Waals surface area (Å²) in [5.74, 6) is 1.11. The van der Waals surface area contributed by atoms with Crippen molar-refractivity contribution in [3.8, 4) is 11.5 Å². The number of hydrogen-bond donors (Lipinski definition) is 1. The molecule has 5 heteroatoms. The maximum absolute atomic E-state index is 11.5. The Labute approximate surface area is 119 Å². The van der Waals surface area contributed by atoms with E-state index in [2.05, 4.69) is 0 Å². The Morgan fingerprint density at radius 1 is 1.10 bits per heavy atom. The fraction of sp³-hybridized carbons (Fsp3) is 0.200. The summed E-state index contributed by atoms with van der Waals surface area (Å²) in [6.45, 7) is 1.87. The van der Waals surface area contributed by atoms with Crippen LogP contribution in [0.3, 0.4) is 0 Å². The molecule has 2 aromatic rings. The van der Waals surface area contributed by atoms with Gasteiger partial charge in [-0.15, -0.1) is 0 Å². The maximum Gasteiger partial charge on any atom is 0.175 e. The van der Waals surface area contributed by atoms with E-state index in [1.165, 1.54) is 12.3 Å². The van der Waals surface area contributed by atoms with E-state index < -0.39 is 9.84 Å².